The standard InChI is InChI=1S/C23H32N4O2/c1-6-11-20(28)19-14-17(15-27(4)23(19)29-5)21(24)16(2)22(25-3)26-18-12-9-7-8-10-13-18/h7-9,12-14H,6,10-11,15,24H2,1-5H3,(H,25,26). The third kappa shape index (κ3) is 5.50. The van der Waals surface area contributed by atoms with Crippen molar-refractivity contribution in [1.29, 1.82) is 0 Å². The first kappa shape index (κ1) is 22.3. The van der Waals surface area contributed by atoms with Gasteiger partial charge in [0.05, 0.1) is 12.7 Å². The van der Waals surface area contributed by atoms with Crippen LogP contribution < -0.4 is 11.1 Å². The third-order valence-electron chi connectivity index (χ3n) is 4.86. The molecule has 0 atom stereocenters. The normalized spacial score (nSPS) is 18.1. The molecule has 6 nitrogen and oxygen atoms in total. The van der Waals surface area contributed by atoms with Gasteiger partial charge in [-0.05, 0) is 37.5 Å². The van der Waals surface area contributed by atoms with E-state index >= 15 is 0 Å². The van der Waals surface area contributed by atoms with Crippen LogP contribution in [0.1, 0.15) is 33.1 Å². The fourth-order valence-corrected chi connectivity index (χ4v) is 3.30. The lowest BCUT2D eigenvalue weighted by molar-refractivity contribution is -0.115. The molecule has 0 radical (unpaired) electrons. The van der Waals surface area contributed by atoms with Crippen molar-refractivity contribution in [2.75, 3.05) is 27.7 Å². The largest absolute Gasteiger partial charge is 0.482 e. The van der Waals surface area contributed by atoms with E-state index in [0.717, 1.165) is 29.7 Å². The Bertz CT molecular complexity index is 854. The number of likely N-dealkylation sites (N-methyl/N-ethyl adjacent to an activating group) is 1. The minimum absolute atomic E-state index is 0.0580. The molecule has 1 aliphatic carbocycles. The van der Waals surface area contributed by atoms with Crippen LogP contribution in [0.3, 0.4) is 0 Å². The summed E-state index contributed by atoms with van der Waals surface area (Å²) in [5, 5.41) is 3.35. The van der Waals surface area contributed by atoms with Gasteiger partial charge < -0.3 is 20.7 Å². The summed E-state index contributed by atoms with van der Waals surface area (Å²) in [6, 6.07) is 0. The highest BCUT2D eigenvalue weighted by Gasteiger charge is 2.25. The van der Waals surface area contributed by atoms with Crippen molar-refractivity contribution < 1.29 is 9.53 Å². The third-order valence-corrected chi connectivity index (χ3v) is 4.86. The number of allylic oxidation sites excluding steroid dienone is 7. The summed E-state index contributed by atoms with van der Waals surface area (Å²) in [5.41, 5.74) is 10.4. The van der Waals surface area contributed by atoms with Crippen molar-refractivity contribution in [2.24, 2.45) is 10.7 Å². The molecule has 0 fully saturated rings. The molecule has 6 heteroatoms. The number of nitrogens with two attached hydrogens (primary N) is 1. The quantitative estimate of drug-likeness (QED) is 0.510. The zero-order valence-electron chi connectivity index (χ0n) is 18.1. The lowest BCUT2D eigenvalue weighted by atomic mass is 9.97. The zero-order valence-corrected chi connectivity index (χ0v) is 18.1. The summed E-state index contributed by atoms with van der Waals surface area (Å²) in [5.74, 6) is 1.34. The van der Waals surface area contributed by atoms with E-state index in [1.807, 2.05) is 50.1 Å². The van der Waals surface area contributed by atoms with Crippen molar-refractivity contribution in [3.8, 4) is 0 Å². The van der Waals surface area contributed by atoms with Gasteiger partial charge in [0.1, 0.15) is 5.84 Å². The van der Waals surface area contributed by atoms with Crippen molar-refractivity contribution >= 4 is 11.6 Å². The summed E-state index contributed by atoms with van der Waals surface area (Å²) in [6.07, 6.45) is 14.2. The van der Waals surface area contributed by atoms with Gasteiger partial charge in [-0.1, -0.05) is 31.2 Å². The Morgan fingerprint density at radius 3 is 2.79 bits per heavy atom. The van der Waals surface area contributed by atoms with Gasteiger partial charge in [-0.15, -0.1) is 0 Å². The highest BCUT2D eigenvalue weighted by Crippen LogP contribution is 2.26. The van der Waals surface area contributed by atoms with Gasteiger partial charge in [-0.3, -0.25) is 9.79 Å². The highest BCUT2D eigenvalue weighted by atomic mass is 16.5. The number of methoxy groups -OCH3 is 1. The van der Waals surface area contributed by atoms with Crippen LogP contribution in [0.4, 0.5) is 0 Å². The Hall–Kier alpha value is -3.02. The molecule has 3 N–H and O–H groups in total. The monoisotopic (exact) mass is 396 g/mol. The molecule has 0 aromatic rings. The fourth-order valence-electron chi connectivity index (χ4n) is 3.30. The summed E-state index contributed by atoms with van der Waals surface area (Å²) < 4.78 is 5.48. The summed E-state index contributed by atoms with van der Waals surface area (Å²) in [7, 11) is 5.22. The van der Waals surface area contributed by atoms with E-state index in [4.69, 9.17) is 10.5 Å². The van der Waals surface area contributed by atoms with E-state index in [1.54, 1.807) is 14.2 Å². The van der Waals surface area contributed by atoms with Crippen LogP contribution in [0, 0.1) is 0 Å². The van der Waals surface area contributed by atoms with Crippen molar-refractivity contribution in [3.05, 3.63) is 70.5 Å². The first-order valence-electron chi connectivity index (χ1n) is 9.90. The summed E-state index contributed by atoms with van der Waals surface area (Å²) in [6.45, 7) is 4.48. The Balaban J connectivity index is 2.37. The maximum Gasteiger partial charge on any atom is 0.200 e. The Labute approximate surface area is 173 Å². The summed E-state index contributed by atoms with van der Waals surface area (Å²) >= 11 is 0. The van der Waals surface area contributed by atoms with Crippen LogP contribution in [-0.2, 0) is 9.53 Å². The predicted octanol–water partition coefficient (Wildman–Crippen LogP) is 3.34. The molecule has 2 aliphatic rings. The first-order chi connectivity index (χ1) is 13.9. The molecule has 2 rings (SSSR count). The van der Waals surface area contributed by atoms with E-state index in [0.29, 0.717) is 36.0 Å². The van der Waals surface area contributed by atoms with Crippen LogP contribution in [0.25, 0.3) is 0 Å². The second-order valence-electron chi connectivity index (χ2n) is 7.04. The van der Waals surface area contributed by atoms with Crippen molar-refractivity contribution in [2.45, 2.75) is 33.1 Å². The van der Waals surface area contributed by atoms with E-state index in [9.17, 15) is 4.79 Å². The maximum absolute atomic E-state index is 12.6. The lowest BCUT2D eigenvalue weighted by Crippen LogP contribution is -2.32. The maximum atomic E-state index is 12.6. The highest BCUT2D eigenvalue weighted by molar-refractivity contribution is 6.01. The molecular formula is C23H32N4O2. The molecule has 1 heterocycles. The Morgan fingerprint density at radius 1 is 1.38 bits per heavy atom. The number of carbonyl (C=O) groups excluding carboxylic acids is 1. The van der Waals surface area contributed by atoms with Crippen molar-refractivity contribution in [1.82, 2.24) is 10.2 Å². The summed E-state index contributed by atoms with van der Waals surface area (Å²) in [4.78, 5) is 18.9. The number of nitrogens with zero attached hydrogens (tertiary/aromatic N) is 2. The lowest BCUT2D eigenvalue weighted by Gasteiger charge is -2.29. The molecule has 0 amide bonds. The van der Waals surface area contributed by atoms with Gasteiger partial charge in [0.2, 0.25) is 0 Å². The molecule has 0 aromatic heterocycles. The number of amidine groups is 1. The molecule has 0 saturated heterocycles. The van der Waals surface area contributed by atoms with E-state index in [-0.39, 0.29) is 5.78 Å². The molecular weight excluding hydrogens is 364 g/mol. The number of nitrogens with one attached hydrogen (secondary N) is 1. The number of hydrogen-bond acceptors (Lipinski definition) is 5. The van der Waals surface area contributed by atoms with Crippen molar-refractivity contribution in [3.63, 3.8) is 0 Å². The minimum atomic E-state index is 0.0580. The molecule has 0 saturated carbocycles. The van der Waals surface area contributed by atoms with E-state index in [2.05, 4.69) is 22.5 Å². The number of rotatable bonds is 7. The number of Topliss-reactive ketones (excluding diaryl/α,β-unsaturated/α-hetero) is 1. The minimum Gasteiger partial charge on any atom is -0.482 e. The van der Waals surface area contributed by atoms with Crippen LogP contribution in [0.15, 0.2) is 75.4 Å². The van der Waals surface area contributed by atoms with Gasteiger partial charge in [0, 0.05) is 44.0 Å². The first-order valence-corrected chi connectivity index (χ1v) is 9.90. The molecule has 1 aliphatic heterocycles. The average Bonchev–Trinajstić information content (AvgIpc) is 2.99. The number of aliphatic imine (C=N–C) groups is 1. The molecule has 0 unspecified atom stereocenters. The predicted molar refractivity (Wildman–Crippen MR) is 119 cm³/mol. The Morgan fingerprint density at radius 2 is 2.14 bits per heavy atom. The number of carbonyl (C=O) groups is 1. The van der Waals surface area contributed by atoms with Crippen LogP contribution >= 0.6 is 0 Å². The van der Waals surface area contributed by atoms with Gasteiger partial charge in [-0.2, -0.15) is 0 Å². The van der Waals surface area contributed by atoms with E-state index in [1.165, 1.54) is 0 Å². The second kappa shape index (κ2) is 10.5. The van der Waals surface area contributed by atoms with Gasteiger partial charge in [0.25, 0.3) is 0 Å². The van der Waals surface area contributed by atoms with Gasteiger partial charge in [-0.25, -0.2) is 0 Å². The molecule has 29 heavy (non-hydrogen) atoms. The molecule has 0 bridgehead atoms. The fraction of sp³-hybridized carbons (Fsp3) is 0.391. The Kier molecular flexibility index (Phi) is 8.07. The topological polar surface area (TPSA) is 80.0 Å². The average molecular weight is 397 g/mol. The van der Waals surface area contributed by atoms with E-state index < -0.39 is 0 Å². The molecule has 0 aromatic carbocycles. The van der Waals surface area contributed by atoms with Crippen LogP contribution in [0.2, 0.25) is 0 Å². The number of ketones is 1. The van der Waals surface area contributed by atoms with Crippen LogP contribution in [-0.4, -0.2) is 44.3 Å². The SMILES string of the molecule is CCCC(=O)C1=C(OC)N(C)CC(C(N)=C(C)C(=NC)NC2=CCC=CC=C2)=C1. The second-order valence-corrected chi connectivity index (χ2v) is 7.04. The van der Waals surface area contributed by atoms with Gasteiger partial charge >= 0.3 is 0 Å². The van der Waals surface area contributed by atoms with Gasteiger partial charge in [0.15, 0.2) is 11.7 Å². The zero-order chi connectivity index (χ0) is 21.4. The molecule has 0 spiro atoms. The molecule has 156 valence electrons. The number of hydrogen-bond donors (Lipinski definition) is 2. The van der Waals surface area contributed by atoms with Crippen LogP contribution in [0.5, 0.6) is 0 Å². The number of ether oxygens (including phenoxy) is 1. The smallest absolute Gasteiger partial charge is 0.200 e.